The number of benzene rings is 2. The van der Waals surface area contributed by atoms with Crippen molar-refractivity contribution >= 4 is 11.6 Å². The Bertz CT molecular complexity index is 1150. The van der Waals surface area contributed by atoms with E-state index in [9.17, 15) is 4.79 Å². The highest BCUT2D eigenvalue weighted by atomic mass is 19.1. The van der Waals surface area contributed by atoms with Crippen LogP contribution >= 0.6 is 0 Å². The predicted molar refractivity (Wildman–Crippen MR) is 143 cm³/mol. The van der Waals surface area contributed by atoms with Crippen LogP contribution in [0.3, 0.4) is 0 Å². The number of fused-ring (bicyclic) bond motifs is 1. The lowest BCUT2D eigenvalue weighted by Gasteiger charge is -2.33. The maximum atomic E-state index is 15.7. The predicted octanol–water partition coefficient (Wildman–Crippen LogP) is 6.98. The molecule has 2 aromatic carbocycles. The molecule has 6 heteroatoms. The first-order valence-corrected chi connectivity index (χ1v) is 12.7. The van der Waals surface area contributed by atoms with Gasteiger partial charge in [-0.1, -0.05) is 47.6 Å². The highest BCUT2D eigenvalue weighted by Gasteiger charge is 2.45. The van der Waals surface area contributed by atoms with Crippen LogP contribution in [0.5, 0.6) is 11.5 Å². The van der Waals surface area contributed by atoms with Crippen LogP contribution in [0.25, 0.3) is 0 Å². The van der Waals surface area contributed by atoms with Crippen LogP contribution in [-0.4, -0.2) is 36.3 Å². The van der Waals surface area contributed by atoms with Gasteiger partial charge in [-0.2, -0.15) is 0 Å². The van der Waals surface area contributed by atoms with Gasteiger partial charge in [-0.05, 0) is 73.4 Å². The van der Waals surface area contributed by atoms with E-state index < -0.39 is 11.4 Å². The van der Waals surface area contributed by atoms with Crippen molar-refractivity contribution in [1.82, 2.24) is 4.90 Å². The molecule has 196 valence electrons. The van der Waals surface area contributed by atoms with E-state index in [1.165, 1.54) is 0 Å². The van der Waals surface area contributed by atoms with Gasteiger partial charge in [0, 0.05) is 5.56 Å². The van der Waals surface area contributed by atoms with Crippen molar-refractivity contribution in [1.29, 1.82) is 5.41 Å². The van der Waals surface area contributed by atoms with Crippen LogP contribution in [0, 0.1) is 11.2 Å². The molecule has 3 rings (SSSR count). The van der Waals surface area contributed by atoms with Crippen LogP contribution in [0.2, 0.25) is 0 Å². The average molecular weight is 497 g/mol. The highest BCUT2D eigenvalue weighted by molar-refractivity contribution is 6.07. The third-order valence-electron chi connectivity index (χ3n) is 6.91. The number of ketones is 1. The van der Waals surface area contributed by atoms with Crippen molar-refractivity contribution in [2.24, 2.45) is 0 Å². The quantitative estimate of drug-likeness (QED) is 0.420. The summed E-state index contributed by atoms with van der Waals surface area (Å²) in [6.45, 7) is 20.8. The largest absolute Gasteiger partial charge is 0.490 e. The topological polar surface area (TPSA) is 62.6 Å². The third kappa shape index (κ3) is 5.00. The van der Waals surface area contributed by atoms with Crippen molar-refractivity contribution in [2.75, 3.05) is 19.8 Å². The van der Waals surface area contributed by atoms with Crippen molar-refractivity contribution in [3.63, 3.8) is 0 Å². The first-order chi connectivity index (χ1) is 16.5. The molecule has 0 radical (unpaired) electrons. The van der Waals surface area contributed by atoms with Crippen LogP contribution in [0.4, 0.5) is 4.39 Å². The Balaban J connectivity index is 2.06. The molecular formula is C30H41FN2O3. The molecule has 5 nitrogen and oxygen atoms in total. The molecule has 0 unspecified atom stereocenters. The molecule has 2 aromatic rings. The molecule has 0 aliphatic carbocycles. The summed E-state index contributed by atoms with van der Waals surface area (Å²) in [6, 6.07) is 7.84. The molecular weight excluding hydrogens is 455 g/mol. The SMILES string of the molecule is CCOc1cc2c(c(F)c1OCC)C(=N)N(CC(=O)c1cc(C(C)(C)C)cc(C(C)(C)C)c1)C2(C)C. The number of carbonyl (C=O) groups is 1. The number of nitrogens with zero attached hydrogens (tertiary/aromatic N) is 1. The molecule has 1 aliphatic heterocycles. The molecule has 36 heavy (non-hydrogen) atoms. The second-order valence-corrected chi connectivity index (χ2v) is 12.0. The fourth-order valence-corrected chi connectivity index (χ4v) is 4.59. The summed E-state index contributed by atoms with van der Waals surface area (Å²) >= 11 is 0. The normalized spacial score (nSPS) is 15.2. The Morgan fingerprint density at radius 1 is 0.944 bits per heavy atom. The summed E-state index contributed by atoms with van der Waals surface area (Å²) in [5, 5.41) is 8.86. The van der Waals surface area contributed by atoms with Crippen molar-refractivity contribution in [3.8, 4) is 11.5 Å². The van der Waals surface area contributed by atoms with E-state index in [1.807, 2.05) is 32.9 Å². The molecule has 1 aliphatic rings. The Morgan fingerprint density at radius 3 is 1.94 bits per heavy atom. The van der Waals surface area contributed by atoms with Gasteiger partial charge >= 0.3 is 0 Å². The summed E-state index contributed by atoms with van der Waals surface area (Å²) in [5.41, 5.74) is 2.53. The van der Waals surface area contributed by atoms with Crippen molar-refractivity contribution in [3.05, 3.63) is 57.9 Å². The Morgan fingerprint density at radius 2 is 1.47 bits per heavy atom. The van der Waals surface area contributed by atoms with Crippen LogP contribution in [0.1, 0.15) is 102 Å². The van der Waals surface area contributed by atoms with Crippen molar-refractivity contribution in [2.45, 2.75) is 85.6 Å². The van der Waals surface area contributed by atoms with E-state index in [4.69, 9.17) is 14.9 Å². The van der Waals surface area contributed by atoms with Crippen LogP contribution in [-0.2, 0) is 16.4 Å². The average Bonchev–Trinajstić information content (AvgIpc) is 2.95. The monoisotopic (exact) mass is 496 g/mol. The Hall–Kier alpha value is -2.89. The summed E-state index contributed by atoms with van der Waals surface area (Å²) in [5.74, 6) is -0.409. The zero-order valence-electron chi connectivity index (χ0n) is 23.5. The molecule has 0 amide bonds. The Kier molecular flexibility index (Phi) is 7.33. The van der Waals surface area contributed by atoms with E-state index in [0.29, 0.717) is 23.5 Å². The first kappa shape index (κ1) is 27.7. The maximum absolute atomic E-state index is 15.7. The molecule has 0 saturated carbocycles. The number of halogens is 1. The molecule has 0 atom stereocenters. The summed E-state index contributed by atoms with van der Waals surface area (Å²) in [4.78, 5) is 15.4. The number of Topliss-reactive ketones (excluding diaryl/α,β-unsaturated/α-hetero) is 1. The number of carbonyl (C=O) groups excluding carboxylic acids is 1. The van der Waals surface area contributed by atoms with Gasteiger partial charge in [-0.25, -0.2) is 4.39 Å². The van der Waals surface area contributed by atoms with Crippen LogP contribution < -0.4 is 9.47 Å². The second kappa shape index (κ2) is 9.53. The number of amidine groups is 1. The first-order valence-electron chi connectivity index (χ1n) is 12.7. The highest BCUT2D eigenvalue weighted by Crippen LogP contribution is 2.46. The lowest BCUT2D eigenvalue weighted by Crippen LogP contribution is -2.42. The van der Waals surface area contributed by atoms with Crippen molar-refractivity contribution < 1.29 is 18.7 Å². The minimum atomic E-state index is -0.784. The van der Waals surface area contributed by atoms with Gasteiger partial charge in [0.25, 0.3) is 0 Å². The van der Waals surface area contributed by atoms with Gasteiger partial charge < -0.3 is 14.4 Å². The summed E-state index contributed by atoms with van der Waals surface area (Å²) < 4.78 is 26.9. The molecule has 0 spiro atoms. The van der Waals surface area contributed by atoms with Crippen LogP contribution in [0.15, 0.2) is 24.3 Å². The van der Waals surface area contributed by atoms with E-state index in [-0.39, 0.29) is 46.9 Å². The van der Waals surface area contributed by atoms with Gasteiger partial charge in [0.2, 0.25) is 0 Å². The Labute approximate surface area is 215 Å². The van der Waals surface area contributed by atoms with Gasteiger partial charge in [-0.15, -0.1) is 0 Å². The van der Waals surface area contributed by atoms with E-state index in [0.717, 1.165) is 11.1 Å². The minimum Gasteiger partial charge on any atom is -0.490 e. The molecule has 0 fully saturated rings. The zero-order valence-corrected chi connectivity index (χ0v) is 23.5. The smallest absolute Gasteiger partial charge is 0.197 e. The van der Waals surface area contributed by atoms with Gasteiger partial charge in [-0.3, -0.25) is 10.2 Å². The molecule has 1 heterocycles. The fraction of sp³-hybridized carbons (Fsp3) is 0.533. The molecule has 0 aromatic heterocycles. The third-order valence-corrected chi connectivity index (χ3v) is 6.91. The lowest BCUT2D eigenvalue weighted by molar-refractivity contribution is 0.0920. The second-order valence-electron chi connectivity index (χ2n) is 12.0. The van der Waals surface area contributed by atoms with Gasteiger partial charge in [0.05, 0.1) is 30.9 Å². The zero-order chi connectivity index (χ0) is 27.2. The summed E-state index contributed by atoms with van der Waals surface area (Å²) in [6.07, 6.45) is 0. The molecule has 0 bridgehead atoms. The lowest BCUT2D eigenvalue weighted by atomic mass is 9.79. The number of rotatable bonds is 7. The molecule has 0 saturated heterocycles. The number of hydrogen-bond acceptors (Lipinski definition) is 4. The van der Waals surface area contributed by atoms with Gasteiger partial charge in [0.15, 0.2) is 23.1 Å². The van der Waals surface area contributed by atoms with Gasteiger partial charge in [0.1, 0.15) is 5.84 Å². The van der Waals surface area contributed by atoms with E-state index in [2.05, 4.69) is 47.6 Å². The number of ether oxygens (including phenoxy) is 2. The minimum absolute atomic E-state index is 0.0134. The number of nitrogens with one attached hydrogen (secondary N) is 1. The number of hydrogen-bond donors (Lipinski definition) is 1. The van der Waals surface area contributed by atoms with E-state index >= 15 is 4.39 Å². The fourth-order valence-electron chi connectivity index (χ4n) is 4.59. The molecule has 1 N–H and O–H groups in total. The standard InChI is InChI=1S/C30H41FN2O3/c1-11-35-23-16-21-24(25(31)26(23)36-12-2)27(32)33(30(21,9)10)17-22(34)18-13-19(28(3,4)5)15-20(14-18)29(6,7)8/h13-16,32H,11-12,17H2,1-10H3. The maximum Gasteiger partial charge on any atom is 0.197 e. The summed E-state index contributed by atoms with van der Waals surface area (Å²) in [7, 11) is 0. The van der Waals surface area contributed by atoms with E-state index in [1.54, 1.807) is 17.9 Å².